The number of aromatic amines is 1. The van der Waals surface area contributed by atoms with Crippen LogP contribution in [0.2, 0.25) is 0 Å². The number of H-pyrrole nitrogens is 1. The van der Waals surface area contributed by atoms with Crippen LogP contribution in [0.1, 0.15) is 10.7 Å². The number of hydrogen-bond acceptors (Lipinski definition) is 3. The van der Waals surface area contributed by atoms with Crippen LogP contribution in [0.25, 0.3) is 11.0 Å². The molecule has 3 aromatic rings. The summed E-state index contributed by atoms with van der Waals surface area (Å²) in [7, 11) is 0. The van der Waals surface area contributed by atoms with Crippen molar-refractivity contribution < 1.29 is 0 Å². The Morgan fingerprint density at radius 3 is 2.89 bits per heavy atom. The molecule has 2 N–H and O–H groups in total. The largest absolute Gasteiger partial charge is 0.341 e. The minimum atomic E-state index is 0.749. The summed E-state index contributed by atoms with van der Waals surface area (Å²) in [4.78, 5) is 9.15. The topological polar surface area (TPSA) is 40.7 Å². The number of halogens is 1. The first-order valence-corrected chi connectivity index (χ1v) is 7.36. The Morgan fingerprint density at radius 2 is 2.11 bits per heavy atom. The number of nitrogens with zero attached hydrogens (tertiary/aromatic N) is 1. The lowest BCUT2D eigenvalue weighted by Gasteiger charge is -2.00. The second kappa shape index (κ2) is 5.22. The van der Waals surface area contributed by atoms with E-state index < -0.39 is 0 Å². The molecule has 2 aromatic heterocycles. The second-order valence-corrected chi connectivity index (χ2v) is 5.85. The first-order chi connectivity index (χ1) is 8.83. The predicted octanol–water partition coefficient (Wildman–Crippen LogP) is 3.68. The Morgan fingerprint density at radius 1 is 1.22 bits per heavy atom. The summed E-state index contributed by atoms with van der Waals surface area (Å²) >= 11 is 5.28. The van der Waals surface area contributed by atoms with E-state index in [-0.39, 0.29) is 0 Å². The molecule has 0 bridgehead atoms. The van der Waals surface area contributed by atoms with Gasteiger partial charge in [-0.3, -0.25) is 0 Å². The summed E-state index contributed by atoms with van der Waals surface area (Å²) in [5.74, 6) is 0.976. The Labute approximate surface area is 117 Å². The maximum atomic E-state index is 4.53. The highest BCUT2D eigenvalue weighted by molar-refractivity contribution is 9.10. The van der Waals surface area contributed by atoms with Gasteiger partial charge in [0, 0.05) is 15.9 Å². The average Bonchev–Trinajstić information content (AvgIpc) is 2.96. The van der Waals surface area contributed by atoms with E-state index in [9.17, 15) is 0 Å². The third-order valence-corrected chi connectivity index (χ3v) is 4.63. The molecule has 0 saturated carbocycles. The van der Waals surface area contributed by atoms with Crippen molar-refractivity contribution in [2.75, 3.05) is 0 Å². The van der Waals surface area contributed by atoms with Gasteiger partial charge in [-0.05, 0) is 39.5 Å². The Balaban J connectivity index is 1.65. The molecule has 18 heavy (non-hydrogen) atoms. The lowest BCUT2D eigenvalue weighted by atomic mass is 10.3. The molecule has 0 radical (unpaired) electrons. The monoisotopic (exact) mass is 321 g/mol. The van der Waals surface area contributed by atoms with Crippen molar-refractivity contribution in [3.8, 4) is 0 Å². The molecule has 0 atom stereocenters. The van der Waals surface area contributed by atoms with Crippen molar-refractivity contribution in [1.29, 1.82) is 0 Å². The van der Waals surface area contributed by atoms with Gasteiger partial charge in [-0.25, -0.2) is 4.98 Å². The third-order valence-electron chi connectivity index (χ3n) is 2.71. The van der Waals surface area contributed by atoms with Gasteiger partial charge < -0.3 is 10.3 Å². The fourth-order valence-electron chi connectivity index (χ4n) is 1.84. The van der Waals surface area contributed by atoms with Crippen LogP contribution in [0.3, 0.4) is 0 Å². The number of benzene rings is 1. The van der Waals surface area contributed by atoms with Crippen molar-refractivity contribution in [2.24, 2.45) is 0 Å². The number of rotatable bonds is 4. The number of imidazole rings is 1. The van der Waals surface area contributed by atoms with E-state index in [1.807, 2.05) is 24.3 Å². The number of para-hydroxylation sites is 2. The Bertz CT molecular complexity index is 626. The molecule has 0 fully saturated rings. The van der Waals surface area contributed by atoms with Crippen LogP contribution < -0.4 is 5.32 Å². The first-order valence-electron chi connectivity index (χ1n) is 5.69. The van der Waals surface area contributed by atoms with E-state index in [0.717, 1.165) is 29.9 Å². The fourth-order valence-corrected chi connectivity index (χ4v) is 3.30. The first kappa shape index (κ1) is 11.9. The van der Waals surface area contributed by atoms with Crippen molar-refractivity contribution in [3.63, 3.8) is 0 Å². The molecular weight excluding hydrogens is 310 g/mol. The highest BCUT2D eigenvalue weighted by Crippen LogP contribution is 2.22. The lowest BCUT2D eigenvalue weighted by Crippen LogP contribution is -2.13. The van der Waals surface area contributed by atoms with Gasteiger partial charge in [0.2, 0.25) is 0 Å². The van der Waals surface area contributed by atoms with Crippen molar-refractivity contribution in [1.82, 2.24) is 15.3 Å². The highest BCUT2D eigenvalue weighted by Gasteiger charge is 2.03. The van der Waals surface area contributed by atoms with E-state index in [0.29, 0.717) is 0 Å². The number of fused-ring (bicyclic) bond motifs is 1. The summed E-state index contributed by atoms with van der Waals surface area (Å²) in [6.45, 7) is 1.61. The molecule has 0 saturated heterocycles. The molecule has 3 rings (SSSR count). The van der Waals surface area contributed by atoms with Gasteiger partial charge in [-0.1, -0.05) is 12.1 Å². The van der Waals surface area contributed by atoms with Crippen LogP contribution in [0.15, 0.2) is 40.2 Å². The number of thiophene rings is 1. The molecule has 0 unspecified atom stereocenters. The minimum Gasteiger partial charge on any atom is -0.341 e. The average molecular weight is 322 g/mol. The van der Waals surface area contributed by atoms with Crippen molar-refractivity contribution >= 4 is 38.3 Å². The van der Waals surface area contributed by atoms with Crippen LogP contribution in [0.5, 0.6) is 0 Å². The standard InChI is InChI=1S/C13H12BrN3S/c14-9-5-6-18-12(9)7-15-8-13-16-10-3-1-2-4-11(10)17-13/h1-6,15H,7-8H2,(H,16,17). The number of hydrogen-bond donors (Lipinski definition) is 2. The van der Waals surface area contributed by atoms with Gasteiger partial charge in [-0.2, -0.15) is 0 Å². The van der Waals surface area contributed by atoms with Gasteiger partial charge in [-0.15, -0.1) is 11.3 Å². The molecule has 0 aliphatic heterocycles. The summed E-state index contributed by atoms with van der Waals surface area (Å²) in [5.41, 5.74) is 2.11. The van der Waals surface area contributed by atoms with Crippen molar-refractivity contribution in [3.05, 3.63) is 50.9 Å². The second-order valence-electron chi connectivity index (χ2n) is 4.00. The molecular formula is C13H12BrN3S. The predicted molar refractivity (Wildman–Crippen MR) is 78.7 cm³/mol. The van der Waals surface area contributed by atoms with Crippen LogP contribution in [0.4, 0.5) is 0 Å². The van der Waals surface area contributed by atoms with Gasteiger partial charge in [0.15, 0.2) is 0 Å². The zero-order chi connectivity index (χ0) is 12.4. The van der Waals surface area contributed by atoms with Crippen molar-refractivity contribution in [2.45, 2.75) is 13.1 Å². The Kier molecular flexibility index (Phi) is 3.45. The van der Waals surface area contributed by atoms with Gasteiger partial charge in [0.25, 0.3) is 0 Å². The highest BCUT2D eigenvalue weighted by atomic mass is 79.9. The quantitative estimate of drug-likeness (QED) is 0.769. The van der Waals surface area contributed by atoms with Gasteiger partial charge >= 0.3 is 0 Å². The van der Waals surface area contributed by atoms with Crippen LogP contribution in [-0.2, 0) is 13.1 Å². The van der Waals surface area contributed by atoms with E-state index in [4.69, 9.17) is 0 Å². The van der Waals surface area contributed by atoms with E-state index in [1.165, 1.54) is 9.35 Å². The zero-order valence-electron chi connectivity index (χ0n) is 9.61. The molecule has 3 nitrogen and oxygen atoms in total. The molecule has 0 amide bonds. The van der Waals surface area contributed by atoms with Gasteiger partial charge in [0.05, 0.1) is 17.6 Å². The SMILES string of the molecule is Brc1ccsc1CNCc1nc2ccccc2[nH]1. The molecule has 92 valence electrons. The molecule has 2 heterocycles. The number of aromatic nitrogens is 2. The van der Waals surface area contributed by atoms with E-state index >= 15 is 0 Å². The van der Waals surface area contributed by atoms with E-state index in [2.05, 4.69) is 42.7 Å². The van der Waals surface area contributed by atoms with Crippen LogP contribution >= 0.6 is 27.3 Å². The lowest BCUT2D eigenvalue weighted by molar-refractivity contribution is 0.675. The normalized spacial score (nSPS) is 11.2. The number of nitrogens with one attached hydrogen (secondary N) is 2. The minimum absolute atomic E-state index is 0.749. The molecule has 0 aliphatic rings. The maximum Gasteiger partial charge on any atom is 0.121 e. The summed E-state index contributed by atoms with van der Waals surface area (Å²) in [6.07, 6.45) is 0. The maximum absolute atomic E-state index is 4.53. The van der Waals surface area contributed by atoms with Gasteiger partial charge in [0.1, 0.15) is 5.82 Å². The summed E-state index contributed by atoms with van der Waals surface area (Å²) in [6, 6.07) is 10.2. The van der Waals surface area contributed by atoms with Crippen LogP contribution in [0, 0.1) is 0 Å². The molecule has 1 aromatic carbocycles. The Hall–Kier alpha value is -1.17. The molecule has 0 aliphatic carbocycles. The third kappa shape index (κ3) is 2.48. The van der Waals surface area contributed by atoms with Crippen LogP contribution in [-0.4, -0.2) is 9.97 Å². The zero-order valence-corrected chi connectivity index (χ0v) is 12.0. The fraction of sp³-hybridized carbons (Fsp3) is 0.154. The summed E-state index contributed by atoms with van der Waals surface area (Å²) < 4.78 is 1.17. The smallest absolute Gasteiger partial charge is 0.121 e. The molecule has 5 heteroatoms. The summed E-state index contributed by atoms with van der Waals surface area (Å²) in [5, 5.41) is 5.48. The van der Waals surface area contributed by atoms with E-state index in [1.54, 1.807) is 11.3 Å². The molecule has 0 spiro atoms.